The number of hydrogen-bond donors (Lipinski definition) is 2. The van der Waals surface area contributed by atoms with Crippen molar-refractivity contribution < 1.29 is 19.4 Å². The van der Waals surface area contributed by atoms with Crippen LogP contribution in [0.2, 0.25) is 0 Å². The van der Waals surface area contributed by atoms with Gasteiger partial charge in [-0.2, -0.15) is 0 Å². The van der Waals surface area contributed by atoms with Gasteiger partial charge < -0.3 is 15.2 Å². The molecule has 0 aliphatic heterocycles. The lowest BCUT2D eigenvalue weighted by molar-refractivity contribution is -0.153. The van der Waals surface area contributed by atoms with Crippen LogP contribution in [0.3, 0.4) is 0 Å². The molecule has 0 aliphatic rings. The van der Waals surface area contributed by atoms with Crippen LogP contribution in [0.1, 0.15) is 162 Å². The fourth-order valence-corrected chi connectivity index (χ4v) is 4.57. The van der Waals surface area contributed by atoms with Crippen LogP contribution in [-0.4, -0.2) is 35.7 Å². The van der Waals surface area contributed by atoms with Gasteiger partial charge in [0.1, 0.15) is 12.1 Å². The molecule has 0 aromatic heterocycles. The molecule has 0 heterocycles. The molecule has 35 heavy (non-hydrogen) atoms. The van der Waals surface area contributed by atoms with Gasteiger partial charge in [0.2, 0.25) is 0 Å². The second kappa shape index (κ2) is 26.0. The van der Waals surface area contributed by atoms with Gasteiger partial charge in [0.05, 0.1) is 0 Å². The molecule has 0 saturated carbocycles. The van der Waals surface area contributed by atoms with E-state index >= 15 is 0 Å². The molecule has 0 aromatic carbocycles. The van der Waals surface area contributed by atoms with Crippen LogP contribution in [0.5, 0.6) is 0 Å². The number of ether oxygens (including phenoxy) is 1. The summed E-state index contributed by atoms with van der Waals surface area (Å²) in [5.41, 5.74) is 0. The number of unbranched alkanes of at least 4 members (excludes halogenated alkanes) is 15. The molecule has 0 spiro atoms. The van der Waals surface area contributed by atoms with Crippen LogP contribution in [0.15, 0.2) is 0 Å². The van der Waals surface area contributed by atoms with Crippen molar-refractivity contribution in [2.24, 2.45) is 0 Å². The van der Waals surface area contributed by atoms with Gasteiger partial charge in [0.25, 0.3) is 0 Å². The highest BCUT2D eigenvalue weighted by Crippen LogP contribution is 2.18. The Labute approximate surface area is 217 Å². The van der Waals surface area contributed by atoms with Crippen molar-refractivity contribution in [1.82, 2.24) is 5.32 Å². The Balaban J connectivity index is 4.59. The number of nitrogens with one attached hydrogen (secondary N) is 1. The molecule has 5 heteroatoms. The van der Waals surface area contributed by atoms with Crippen molar-refractivity contribution in [1.29, 1.82) is 0 Å². The monoisotopic (exact) mass is 497 g/mol. The summed E-state index contributed by atoms with van der Waals surface area (Å²) in [6.07, 6.45) is 24.3. The Bertz CT molecular complexity index is 483. The van der Waals surface area contributed by atoms with E-state index in [9.17, 15) is 9.59 Å². The minimum atomic E-state index is -0.864. The van der Waals surface area contributed by atoms with Gasteiger partial charge in [-0.3, -0.25) is 9.59 Å². The molecule has 0 bridgehead atoms. The Morgan fingerprint density at radius 3 is 1.51 bits per heavy atom. The quantitative estimate of drug-likeness (QED) is 0.0877. The highest BCUT2D eigenvalue weighted by Gasteiger charge is 2.23. The van der Waals surface area contributed by atoms with Crippen LogP contribution in [-0.2, 0) is 14.3 Å². The van der Waals surface area contributed by atoms with Gasteiger partial charge in [-0.15, -0.1) is 0 Å². The number of rotatable bonds is 27. The molecule has 0 amide bonds. The maximum atomic E-state index is 13.0. The maximum Gasteiger partial charge on any atom is 0.323 e. The smallest absolute Gasteiger partial charge is 0.323 e. The Kier molecular flexibility index (Phi) is 25.2. The van der Waals surface area contributed by atoms with Crippen molar-refractivity contribution >= 4 is 11.9 Å². The van der Waals surface area contributed by atoms with E-state index in [1.807, 2.05) is 0 Å². The molecular formula is C30H59NO4. The molecular weight excluding hydrogens is 438 g/mol. The molecule has 2 N–H and O–H groups in total. The zero-order valence-corrected chi connectivity index (χ0v) is 23.6. The lowest BCUT2D eigenvalue weighted by Crippen LogP contribution is -2.40. The van der Waals surface area contributed by atoms with Crippen molar-refractivity contribution in [3.63, 3.8) is 0 Å². The first-order chi connectivity index (χ1) is 17.0. The number of hydrogen-bond acceptors (Lipinski definition) is 4. The fraction of sp³-hybridized carbons (Fsp3) is 0.933. The van der Waals surface area contributed by atoms with Gasteiger partial charge in [0.15, 0.2) is 0 Å². The van der Waals surface area contributed by atoms with E-state index < -0.39 is 12.0 Å². The fourth-order valence-electron chi connectivity index (χ4n) is 4.57. The lowest BCUT2D eigenvalue weighted by atomic mass is 10.0. The minimum Gasteiger partial charge on any atom is -0.481 e. The Morgan fingerprint density at radius 1 is 0.629 bits per heavy atom. The normalized spacial score (nSPS) is 13.0. The standard InChI is InChI=1S/C30H59NO4/c1-4-7-10-12-14-15-16-18-20-23-27(22-19-17-13-11-8-5-2)35-30(34)28(24-25-29(32)33)31-26-21-9-6-3/h27-28,31H,4-26H2,1-3H3,(H,32,33). The Hall–Kier alpha value is -1.10. The first-order valence-electron chi connectivity index (χ1n) is 15.2. The first-order valence-corrected chi connectivity index (χ1v) is 15.2. The maximum absolute atomic E-state index is 13.0. The summed E-state index contributed by atoms with van der Waals surface area (Å²) in [7, 11) is 0. The largest absolute Gasteiger partial charge is 0.481 e. The molecule has 5 nitrogen and oxygen atoms in total. The third kappa shape index (κ3) is 23.1. The van der Waals surface area contributed by atoms with Crippen molar-refractivity contribution in [2.75, 3.05) is 6.54 Å². The number of aliphatic carboxylic acids is 1. The van der Waals surface area contributed by atoms with Crippen LogP contribution < -0.4 is 5.32 Å². The van der Waals surface area contributed by atoms with Gasteiger partial charge in [-0.05, 0) is 45.1 Å². The number of carbonyl (C=O) groups excluding carboxylic acids is 1. The molecule has 0 rings (SSSR count). The van der Waals surface area contributed by atoms with Crippen molar-refractivity contribution in [3.05, 3.63) is 0 Å². The zero-order valence-electron chi connectivity index (χ0n) is 23.6. The van der Waals surface area contributed by atoms with Crippen LogP contribution >= 0.6 is 0 Å². The molecule has 0 radical (unpaired) electrons. The molecule has 0 aromatic rings. The summed E-state index contributed by atoms with van der Waals surface area (Å²) in [6.45, 7) is 7.37. The molecule has 0 fully saturated rings. The van der Waals surface area contributed by atoms with E-state index in [0.29, 0.717) is 6.42 Å². The van der Waals surface area contributed by atoms with Gasteiger partial charge in [0, 0.05) is 6.42 Å². The number of carboxylic acids is 1. The molecule has 0 aliphatic carbocycles. The summed E-state index contributed by atoms with van der Waals surface area (Å²) >= 11 is 0. The van der Waals surface area contributed by atoms with Gasteiger partial charge >= 0.3 is 11.9 Å². The number of carboxylic acid groups (broad SMARTS) is 1. The molecule has 2 atom stereocenters. The highest BCUT2D eigenvalue weighted by atomic mass is 16.5. The zero-order chi connectivity index (χ0) is 26.0. The van der Waals surface area contributed by atoms with E-state index in [2.05, 4.69) is 26.1 Å². The lowest BCUT2D eigenvalue weighted by Gasteiger charge is -2.23. The molecule has 208 valence electrons. The number of esters is 1. The van der Waals surface area contributed by atoms with Crippen LogP contribution in [0.4, 0.5) is 0 Å². The average Bonchev–Trinajstić information content (AvgIpc) is 2.84. The predicted octanol–water partition coefficient (Wildman–Crippen LogP) is 8.58. The van der Waals surface area contributed by atoms with E-state index in [0.717, 1.165) is 51.5 Å². The summed E-state index contributed by atoms with van der Waals surface area (Å²) in [5.74, 6) is -1.12. The SMILES string of the molecule is CCCCCCCCCCCC(CCCCCCCC)OC(=O)C(CCC(=O)O)NCCCCC. The first kappa shape index (κ1) is 33.9. The van der Waals surface area contributed by atoms with Gasteiger partial charge in [-0.25, -0.2) is 0 Å². The van der Waals surface area contributed by atoms with Crippen molar-refractivity contribution in [2.45, 2.75) is 174 Å². The van der Waals surface area contributed by atoms with Crippen LogP contribution in [0.25, 0.3) is 0 Å². The second-order valence-corrected chi connectivity index (χ2v) is 10.4. The van der Waals surface area contributed by atoms with E-state index in [-0.39, 0.29) is 18.5 Å². The summed E-state index contributed by atoms with van der Waals surface area (Å²) in [4.78, 5) is 24.1. The topological polar surface area (TPSA) is 75.6 Å². The van der Waals surface area contributed by atoms with Crippen LogP contribution in [0, 0.1) is 0 Å². The summed E-state index contributed by atoms with van der Waals surface area (Å²) in [5, 5.41) is 12.4. The summed E-state index contributed by atoms with van der Waals surface area (Å²) in [6, 6.07) is -0.516. The van der Waals surface area contributed by atoms with Crippen molar-refractivity contribution in [3.8, 4) is 0 Å². The van der Waals surface area contributed by atoms with E-state index in [4.69, 9.17) is 9.84 Å². The molecule has 0 saturated heterocycles. The highest BCUT2D eigenvalue weighted by molar-refractivity contribution is 5.77. The second-order valence-electron chi connectivity index (χ2n) is 10.4. The van der Waals surface area contributed by atoms with E-state index in [1.54, 1.807) is 0 Å². The number of carbonyl (C=O) groups is 2. The summed E-state index contributed by atoms with van der Waals surface area (Å²) < 4.78 is 6.01. The minimum absolute atomic E-state index is 0.0130. The predicted molar refractivity (Wildman–Crippen MR) is 148 cm³/mol. The molecule has 2 unspecified atom stereocenters. The van der Waals surface area contributed by atoms with E-state index in [1.165, 1.54) is 83.5 Å². The third-order valence-electron chi connectivity index (χ3n) is 6.89. The third-order valence-corrected chi connectivity index (χ3v) is 6.89. The Morgan fingerprint density at radius 2 is 1.06 bits per heavy atom. The average molecular weight is 498 g/mol. The van der Waals surface area contributed by atoms with Gasteiger partial charge in [-0.1, -0.05) is 117 Å².